The fourth-order valence-corrected chi connectivity index (χ4v) is 2.51. The van der Waals surface area contributed by atoms with Gasteiger partial charge in [-0.2, -0.15) is 0 Å². The highest BCUT2D eigenvalue weighted by Crippen LogP contribution is 2.31. The minimum atomic E-state index is 0.550. The van der Waals surface area contributed by atoms with E-state index in [9.17, 15) is 0 Å². The normalized spacial score (nSPS) is 22.3. The lowest BCUT2D eigenvalue weighted by atomic mass is 9.92. The number of halogens is 2. The van der Waals surface area contributed by atoms with E-state index in [0.717, 1.165) is 18.1 Å². The van der Waals surface area contributed by atoms with Gasteiger partial charge >= 0.3 is 0 Å². The van der Waals surface area contributed by atoms with Crippen LogP contribution in [0.5, 0.6) is 0 Å². The van der Waals surface area contributed by atoms with Crippen LogP contribution in [-0.2, 0) is 0 Å². The van der Waals surface area contributed by atoms with Gasteiger partial charge in [-0.15, -0.1) is 0 Å². The Morgan fingerprint density at radius 3 is 2.79 bits per heavy atom. The lowest BCUT2D eigenvalue weighted by Gasteiger charge is -2.23. The van der Waals surface area contributed by atoms with Crippen LogP contribution in [0.15, 0.2) is 18.2 Å². The highest BCUT2D eigenvalue weighted by atomic mass is 35.5. The van der Waals surface area contributed by atoms with Gasteiger partial charge in [-0.25, -0.2) is 0 Å². The Labute approximate surface area is 94.4 Å². The SMILES string of the molecule is Clc1ccc(C2CCCNC2)c(Cl)c1. The molecular formula is C11H13Cl2N. The van der Waals surface area contributed by atoms with Crippen molar-refractivity contribution in [2.24, 2.45) is 0 Å². The zero-order chi connectivity index (χ0) is 9.97. The van der Waals surface area contributed by atoms with Crippen molar-refractivity contribution < 1.29 is 0 Å². The first-order chi connectivity index (χ1) is 6.77. The van der Waals surface area contributed by atoms with E-state index in [1.54, 1.807) is 0 Å². The minimum Gasteiger partial charge on any atom is -0.316 e. The molecule has 0 amide bonds. The molecule has 0 spiro atoms. The number of benzene rings is 1. The maximum Gasteiger partial charge on any atom is 0.0456 e. The molecule has 1 aromatic rings. The molecule has 2 rings (SSSR count). The van der Waals surface area contributed by atoms with Crippen molar-refractivity contribution in [2.75, 3.05) is 13.1 Å². The highest BCUT2D eigenvalue weighted by molar-refractivity contribution is 6.35. The van der Waals surface area contributed by atoms with Crippen LogP contribution in [0.3, 0.4) is 0 Å². The monoisotopic (exact) mass is 229 g/mol. The molecule has 1 heterocycles. The van der Waals surface area contributed by atoms with Gasteiger partial charge in [-0.1, -0.05) is 29.3 Å². The van der Waals surface area contributed by atoms with Gasteiger partial charge in [0.15, 0.2) is 0 Å². The molecule has 1 aromatic carbocycles. The smallest absolute Gasteiger partial charge is 0.0456 e. The van der Waals surface area contributed by atoms with E-state index in [4.69, 9.17) is 23.2 Å². The first kappa shape index (κ1) is 10.3. The lowest BCUT2D eigenvalue weighted by Crippen LogP contribution is -2.28. The fourth-order valence-electron chi connectivity index (χ4n) is 1.95. The topological polar surface area (TPSA) is 12.0 Å². The average Bonchev–Trinajstić information content (AvgIpc) is 2.19. The van der Waals surface area contributed by atoms with Gasteiger partial charge in [0, 0.05) is 16.6 Å². The molecule has 1 unspecified atom stereocenters. The van der Waals surface area contributed by atoms with Gasteiger partial charge in [0.25, 0.3) is 0 Å². The van der Waals surface area contributed by atoms with Crippen molar-refractivity contribution in [1.82, 2.24) is 5.32 Å². The molecule has 1 aliphatic heterocycles. The van der Waals surface area contributed by atoms with E-state index in [-0.39, 0.29) is 0 Å². The summed E-state index contributed by atoms with van der Waals surface area (Å²) < 4.78 is 0. The van der Waals surface area contributed by atoms with Crippen LogP contribution in [0.25, 0.3) is 0 Å². The van der Waals surface area contributed by atoms with Crippen LogP contribution in [0, 0.1) is 0 Å². The molecule has 0 aromatic heterocycles. The minimum absolute atomic E-state index is 0.550. The van der Waals surface area contributed by atoms with Crippen molar-refractivity contribution in [3.05, 3.63) is 33.8 Å². The Morgan fingerprint density at radius 2 is 2.14 bits per heavy atom. The number of hydrogen-bond donors (Lipinski definition) is 1. The van der Waals surface area contributed by atoms with Crippen molar-refractivity contribution in [3.8, 4) is 0 Å². The molecule has 0 bridgehead atoms. The van der Waals surface area contributed by atoms with E-state index >= 15 is 0 Å². The fraction of sp³-hybridized carbons (Fsp3) is 0.455. The van der Waals surface area contributed by atoms with Crippen molar-refractivity contribution in [1.29, 1.82) is 0 Å². The van der Waals surface area contributed by atoms with Crippen LogP contribution in [0.2, 0.25) is 10.0 Å². The maximum absolute atomic E-state index is 6.15. The Balaban J connectivity index is 2.22. The Hall–Kier alpha value is -0.240. The lowest BCUT2D eigenvalue weighted by molar-refractivity contribution is 0.462. The zero-order valence-electron chi connectivity index (χ0n) is 7.89. The average molecular weight is 230 g/mol. The summed E-state index contributed by atoms with van der Waals surface area (Å²) in [7, 11) is 0. The quantitative estimate of drug-likeness (QED) is 0.778. The molecule has 1 nitrogen and oxygen atoms in total. The molecule has 1 atom stereocenters. The molecule has 76 valence electrons. The van der Waals surface area contributed by atoms with Crippen LogP contribution < -0.4 is 5.32 Å². The van der Waals surface area contributed by atoms with Crippen LogP contribution in [0.4, 0.5) is 0 Å². The Morgan fingerprint density at radius 1 is 1.29 bits per heavy atom. The summed E-state index contributed by atoms with van der Waals surface area (Å²) >= 11 is 12.0. The molecule has 0 aliphatic carbocycles. The van der Waals surface area contributed by atoms with Crippen LogP contribution in [-0.4, -0.2) is 13.1 Å². The third-order valence-electron chi connectivity index (χ3n) is 2.70. The molecule has 1 fully saturated rings. The summed E-state index contributed by atoms with van der Waals surface area (Å²) in [4.78, 5) is 0. The molecular weight excluding hydrogens is 217 g/mol. The predicted octanol–water partition coefficient (Wildman–Crippen LogP) is 3.46. The molecule has 0 radical (unpaired) electrons. The van der Waals surface area contributed by atoms with Crippen LogP contribution in [0.1, 0.15) is 24.3 Å². The van der Waals surface area contributed by atoms with Gasteiger partial charge in [-0.3, -0.25) is 0 Å². The predicted molar refractivity (Wildman–Crippen MR) is 61.3 cm³/mol. The number of hydrogen-bond acceptors (Lipinski definition) is 1. The van der Waals surface area contributed by atoms with Gasteiger partial charge in [0.05, 0.1) is 0 Å². The number of rotatable bonds is 1. The number of piperidine rings is 1. The highest BCUT2D eigenvalue weighted by Gasteiger charge is 2.17. The summed E-state index contributed by atoms with van der Waals surface area (Å²) in [5.74, 6) is 0.550. The van der Waals surface area contributed by atoms with Crippen molar-refractivity contribution in [3.63, 3.8) is 0 Å². The summed E-state index contributed by atoms with van der Waals surface area (Å²) in [5.41, 5.74) is 1.23. The second-order valence-electron chi connectivity index (χ2n) is 3.71. The number of nitrogens with one attached hydrogen (secondary N) is 1. The molecule has 1 aliphatic rings. The molecule has 1 N–H and O–H groups in total. The Bertz CT molecular complexity index is 319. The summed E-state index contributed by atoms with van der Waals surface area (Å²) in [5, 5.41) is 4.89. The van der Waals surface area contributed by atoms with Gasteiger partial charge in [0.1, 0.15) is 0 Å². The summed E-state index contributed by atoms with van der Waals surface area (Å²) in [6.07, 6.45) is 2.44. The van der Waals surface area contributed by atoms with Crippen LogP contribution >= 0.6 is 23.2 Å². The second-order valence-corrected chi connectivity index (χ2v) is 4.55. The third-order valence-corrected chi connectivity index (χ3v) is 3.26. The molecule has 3 heteroatoms. The Kier molecular flexibility index (Phi) is 3.32. The molecule has 1 saturated heterocycles. The van der Waals surface area contributed by atoms with Crippen molar-refractivity contribution >= 4 is 23.2 Å². The van der Waals surface area contributed by atoms with E-state index in [1.807, 2.05) is 18.2 Å². The first-order valence-corrected chi connectivity index (χ1v) is 5.68. The largest absolute Gasteiger partial charge is 0.316 e. The second kappa shape index (κ2) is 4.52. The van der Waals surface area contributed by atoms with Crippen molar-refractivity contribution in [2.45, 2.75) is 18.8 Å². The molecule has 14 heavy (non-hydrogen) atoms. The van der Waals surface area contributed by atoms with Gasteiger partial charge in [0.2, 0.25) is 0 Å². The van der Waals surface area contributed by atoms with E-state index in [0.29, 0.717) is 10.9 Å². The third kappa shape index (κ3) is 2.22. The van der Waals surface area contributed by atoms with Gasteiger partial charge < -0.3 is 5.32 Å². The van der Waals surface area contributed by atoms with Gasteiger partial charge in [-0.05, 0) is 43.0 Å². The first-order valence-electron chi connectivity index (χ1n) is 4.93. The maximum atomic E-state index is 6.15. The summed E-state index contributed by atoms with van der Waals surface area (Å²) in [6.45, 7) is 2.16. The molecule has 0 saturated carbocycles. The van der Waals surface area contributed by atoms with E-state index in [1.165, 1.54) is 18.4 Å². The van der Waals surface area contributed by atoms with E-state index in [2.05, 4.69) is 5.32 Å². The van der Waals surface area contributed by atoms with E-state index < -0.39 is 0 Å². The zero-order valence-corrected chi connectivity index (χ0v) is 9.41. The standard InChI is InChI=1S/C11H13Cl2N/c12-9-3-4-10(11(13)6-9)8-2-1-5-14-7-8/h3-4,6,8,14H,1-2,5,7H2. The summed E-state index contributed by atoms with van der Waals surface area (Å²) in [6, 6.07) is 5.78.